The number of nitrogens with one attached hydrogen (secondary N) is 4. The Kier molecular flexibility index (Phi) is 8.75. The van der Waals surface area contributed by atoms with Gasteiger partial charge in [-0.2, -0.15) is 4.68 Å². The number of nitrogens with zero attached hydrogens (tertiary/aromatic N) is 5. The van der Waals surface area contributed by atoms with Gasteiger partial charge in [0.2, 0.25) is 11.8 Å². The third-order valence-corrected chi connectivity index (χ3v) is 6.81. The van der Waals surface area contributed by atoms with Crippen LogP contribution in [0.2, 0.25) is 5.02 Å². The zero-order valence-electron chi connectivity index (χ0n) is 22.6. The molecule has 0 aliphatic carbocycles. The number of tetrazole rings is 1. The summed E-state index contributed by atoms with van der Waals surface area (Å²) >= 11 is 6.16. The maximum atomic E-state index is 13.1. The van der Waals surface area contributed by atoms with E-state index in [1.54, 1.807) is 30.3 Å². The highest BCUT2D eigenvalue weighted by Crippen LogP contribution is 2.32. The number of carbonyl (C=O) groups is 3. The van der Waals surface area contributed by atoms with Crippen molar-refractivity contribution in [1.29, 1.82) is 0 Å². The molecular formula is C27H26ClN9O6. The van der Waals surface area contributed by atoms with Gasteiger partial charge in [-0.15, -0.1) is 5.10 Å². The molecule has 0 radical (unpaired) electrons. The Morgan fingerprint density at radius 3 is 2.79 bits per heavy atom. The first-order chi connectivity index (χ1) is 20.7. The van der Waals surface area contributed by atoms with Crippen LogP contribution >= 0.6 is 11.6 Å². The Bertz CT molecular complexity index is 1670. The van der Waals surface area contributed by atoms with E-state index in [2.05, 4.69) is 46.2 Å². The largest absolute Gasteiger partial charge is 0.453 e. The van der Waals surface area contributed by atoms with E-state index in [9.17, 15) is 24.6 Å². The number of hydrogen-bond acceptors (Lipinski definition) is 10. The van der Waals surface area contributed by atoms with Gasteiger partial charge in [0.25, 0.3) is 0 Å². The molecule has 43 heavy (non-hydrogen) atoms. The molecule has 3 amide bonds. The fourth-order valence-electron chi connectivity index (χ4n) is 4.47. The Hall–Kier alpha value is -5.12. The van der Waals surface area contributed by atoms with E-state index in [1.807, 2.05) is 0 Å². The molecule has 2 aromatic carbocycles. The number of H-pyrrole nitrogens is 1. The van der Waals surface area contributed by atoms with E-state index in [0.29, 0.717) is 44.7 Å². The summed E-state index contributed by atoms with van der Waals surface area (Å²) < 4.78 is 6.05. The quantitative estimate of drug-likeness (QED) is 0.182. The number of aliphatic hydroxyl groups is 2. The van der Waals surface area contributed by atoms with Crippen molar-refractivity contribution in [3.8, 4) is 16.9 Å². The molecule has 0 saturated heterocycles. The molecule has 3 atom stereocenters. The monoisotopic (exact) mass is 607 g/mol. The average Bonchev–Trinajstić information content (AvgIpc) is 3.68. The molecule has 6 N–H and O–H groups in total. The molecule has 4 aromatic rings. The number of rotatable bonds is 5. The second-order valence-corrected chi connectivity index (χ2v) is 9.97. The number of aromatic nitrogens is 6. The van der Waals surface area contributed by atoms with E-state index in [0.717, 1.165) is 0 Å². The molecule has 2 bridgehead atoms. The van der Waals surface area contributed by atoms with Gasteiger partial charge in [-0.25, -0.2) is 9.78 Å². The number of hydrogen-bond donors (Lipinski definition) is 6. The lowest BCUT2D eigenvalue weighted by atomic mass is 10.0. The van der Waals surface area contributed by atoms with Crippen molar-refractivity contribution >= 4 is 47.0 Å². The van der Waals surface area contributed by atoms with E-state index >= 15 is 0 Å². The maximum absolute atomic E-state index is 13.1. The number of halogens is 1. The minimum Gasteiger partial charge on any atom is -0.453 e. The number of imidazole rings is 1. The van der Waals surface area contributed by atoms with E-state index in [1.165, 1.54) is 42.5 Å². The van der Waals surface area contributed by atoms with Crippen LogP contribution in [0.1, 0.15) is 30.3 Å². The second-order valence-electron chi connectivity index (χ2n) is 9.53. The minimum absolute atomic E-state index is 0.150. The summed E-state index contributed by atoms with van der Waals surface area (Å²) in [6.07, 6.45) is 1.61. The molecule has 222 valence electrons. The van der Waals surface area contributed by atoms with Gasteiger partial charge >= 0.3 is 6.09 Å². The van der Waals surface area contributed by atoms with E-state index in [-0.39, 0.29) is 6.42 Å². The summed E-state index contributed by atoms with van der Waals surface area (Å²) in [6, 6.07) is 8.91. The van der Waals surface area contributed by atoms with E-state index in [4.69, 9.17) is 11.6 Å². The topological polar surface area (TPSA) is 209 Å². The van der Waals surface area contributed by atoms with Crippen LogP contribution in [-0.2, 0) is 14.3 Å². The van der Waals surface area contributed by atoms with Crippen LogP contribution in [0.3, 0.4) is 0 Å². The first kappa shape index (κ1) is 29.4. The fourth-order valence-corrected chi connectivity index (χ4v) is 4.65. The predicted molar refractivity (Wildman–Crippen MR) is 154 cm³/mol. The lowest BCUT2D eigenvalue weighted by molar-refractivity contribution is -0.121. The summed E-state index contributed by atoms with van der Waals surface area (Å²) in [5.41, 5.74) is 2.82. The molecule has 0 saturated carbocycles. The number of ether oxygens (including phenoxy) is 1. The van der Waals surface area contributed by atoms with Crippen LogP contribution in [0.25, 0.3) is 23.0 Å². The zero-order valence-corrected chi connectivity index (χ0v) is 23.3. The van der Waals surface area contributed by atoms with Gasteiger partial charge in [0.15, 0.2) is 0 Å². The normalized spacial score (nSPS) is 18.6. The molecule has 15 nitrogen and oxygen atoms in total. The lowest BCUT2D eigenvalue weighted by Crippen LogP contribution is -2.36. The third-order valence-electron chi connectivity index (χ3n) is 6.57. The highest BCUT2D eigenvalue weighted by molar-refractivity contribution is 6.30. The van der Waals surface area contributed by atoms with E-state index < -0.39 is 42.6 Å². The van der Waals surface area contributed by atoms with Crippen molar-refractivity contribution < 1.29 is 29.3 Å². The Morgan fingerprint density at radius 2 is 2.02 bits per heavy atom. The standard InChI is InChI=1S/C27H26ClN9O6/c1-43-27(42)31-16-4-5-17-18(9-16)32-25(41)11-23(39)22(38)10-19(26-29-12-20(17)34-26)33-24(40)7-2-14-8-15(28)3-6-21(14)37-13-30-35-36-37/h2-9,12-13,19,22-23,38-39H,10-11H2,1H3,(H,29,34)(H,31,42)(H,32,41)(H,33,40)/b7-2+/t19?,22?,23-/m0/s1. The highest BCUT2D eigenvalue weighted by atomic mass is 35.5. The number of fused-ring (bicyclic) bond motifs is 4. The van der Waals surface area contributed by atoms with Gasteiger partial charge in [0.05, 0.1) is 55.0 Å². The second kappa shape index (κ2) is 12.8. The van der Waals surface area contributed by atoms with Gasteiger partial charge in [-0.3, -0.25) is 14.9 Å². The summed E-state index contributed by atoms with van der Waals surface area (Å²) in [7, 11) is 1.22. The van der Waals surface area contributed by atoms with Gasteiger partial charge in [0, 0.05) is 34.3 Å². The minimum atomic E-state index is -1.45. The van der Waals surface area contributed by atoms with Crippen molar-refractivity contribution in [3.63, 3.8) is 0 Å². The molecule has 16 heteroatoms. The third kappa shape index (κ3) is 7.03. The number of methoxy groups -OCH3 is 1. The van der Waals surface area contributed by atoms with Crippen molar-refractivity contribution in [2.45, 2.75) is 31.1 Å². The highest BCUT2D eigenvalue weighted by Gasteiger charge is 2.28. The van der Waals surface area contributed by atoms with Gasteiger partial charge in [-0.05, 0) is 52.9 Å². The molecule has 2 aromatic heterocycles. The van der Waals surface area contributed by atoms with Crippen molar-refractivity contribution in [1.82, 2.24) is 35.5 Å². The lowest BCUT2D eigenvalue weighted by Gasteiger charge is -2.24. The number of aliphatic hydroxyl groups excluding tert-OH is 2. The molecular weight excluding hydrogens is 582 g/mol. The van der Waals surface area contributed by atoms with Crippen molar-refractivity contribution in [2.24, 2.45) is 0 Å². The van der Waals surface area contributed by atoms with Crippen LogP contribution in [0.5, 0.6) is 0 Å². The summed E-state index contributed by atoms with van der Waals surface area (Å²) in [6.45, 7) is 0. The van der Waals surface area contributed by atoms with Gasteiger partial charge < -0.3 is 30.6 Å². The summed E-state index contributed by atoms with van der Waals surface area (Å²) in [5, 5.41) is 40.9. The number of benzene rings is 2. The van der Waals surface area contributed by atoms with Crippen LogP contribution in [-0.4, -0.2) is 77.6 Å². The molecule has 0 fully saturated rings. The smallest absolute Gasteiger partial charge is 0.411 e. The molecule has 2 unspecified atom stereocenters. The molecule has 3 heterocycles. The Morgan fingerprint density at radius 1 is 1.19 bits per heavy atom. The Balaban J connectivity index is 1.43. The molecule has 1 aliphatic heterocycles. The van der Waals surface area contributed by atoms with Crippen molar-refractivity contribution in [2.75, 3.05) is 17.7 Å². The van der Waals surface area contributed by atoms with Gasteiger partial charge in [-0.1, -0.05) is 11.6 Å². The summed E-state index contributed by atoms with van der Waals surface area (Å²) in [5.74, 6) is -0.808. The fraction of sp³-hybridized carbons (Fsp3) is 0.222. The van der Waals surface area contributed by atoms with Crippen LogP contribution in [0, 0.1) is 0 Å². The average molecular weight is 608 g/mol. The van der Waals surface area contributed by atoms with Gasteiger partial charge in [0.1, 0.15) is 12.2 Å². The number of carbonyl (C=O) groups excluding carboxylic acids is 3. The maximum Gasteiger partial charge on any atom is 0.411 e. The molecule has 5 rings (SSSR count). The number of amides is 3. The summed E-state index contributed by atoms with van der Waals surface area (Å²) in [4.78, 5) is 45.1. The number of aromatic amines is 1. The predicted octanol–water partition coefficient (Wildman–Crippen LogP) is 2.21. The van der Waals surface area contributed by atoms with Crippen LogP contribution in [0.15, 0.2) is 55.0 Å². The first-order valence-electron chi connectivity index (χ1n) is 12.9. The zero-order chi connectivity index (χ0) is 30.5. The SMILES string of the molecule is COC(=O)Nc1ccc2c(c1)NC(=O)C[C@H](O)C(O)CC(NC(=O)/C=C/c1cc(Cl)ccc1-n1cnnn1)c1ncc-2[nH]1. The van der Waals surface area contributed by atoms with Crippen LogP contribution < -0.4 is 16.0 Å². The molecule has 1 aliphatic rings. The van der Waals surface area contributed by atoms with Crippen LogP contribution in [0.4, 0.5) is 16.2 Å². The molecule has 0 spiro atoms. The first-order valence-corrected chi connectivity index (χ1v) is 13.3. The van der Waals surface area contributed by atoms with Crippen molar-refractivity contribution in [3.05, 3.63) is 71.4 Å². The number of anilines is 2. The Labute approximate surface area is 248 Å².